The molecular weight excluding hydrogens is 252 g/mol. The molecule has 1 unspecified atom stereocenters. The fourth-order valence-electron chi connectivity index (χ4n) is 3.05. The first-order valence-electron chi connectivity index (χ1n) is 5.85. The molecule has 0 saturated carbocycles. The van der Waals surface area contributed by atoms with Crippen LogP contribution in [0, 0.1) is 5.92 Å². The summed E-state index contributed by atoms with van der Waals surface area (Å²) in [5, 5.41) is 0. The number of carbonyl (C=O) groups is 1. The minimum Gasteiger partial charge on any atom is -0.359 e. The topological polar surface area (TPSA) is 26.3 Å². The van der Waals surface area contributed by atoms with Crippen molar-refractivity contribution in [1.29, 1.82) is 0 Å². The largest absolute Gasteiger partial charge is 0.359 e. The predicted octanol–water partition coefficient (Wildman–Crippen LogP) is 2.18. The van der Waals surface area contributed by atoms with E-state index < -0.39 is 0 Å². The third-order valence-corrected chi connectivity index (χ3v) is 7.36. The summed E-state index contributed by atoms with van der Waals surface area (Å²) in [7, 11) is 0. The average Bonchev–Trinajstić information content (AvgIpc) is 2.97. The zero-order valence-electron chi connectivity index (χ0n) is 9.17. The fourth-order valence-corrected chi connectivity index (χ4v) is 6.50. The van der Waals surface area contributed by atoms with E-state index in [0.717, 1.165) is 0 Å². The summed E-state index contributed by atoms with van der Waals surface area (Å²) in [6.45, 7) is 0. The number of allylic oxidation sites excluding steroid dienone is 2. The highest BCUT2D eigenvalue weighted by molar-refractivity contribution is 8.21. The van der Waals surface area contributed by atoms with Gasteiger partial charge in [0.1, 0.15) is 16.3 Å². The molecule has 1 spiro atoms. The van der Waals surface area contributed by atoms with Crippen molar-refractivity contribution in [3.63, 3.8) is 0 Å². The smallest absolute Gasteiger partial charge is 0.185 e. The van der Waals surface area contributed by atoms with E-state index in [4.69, 9.17) is 4.74 Å². The Hall–Kier alpha value is -0.450. The SMILES string of the molecule is O=C1C=C[C@H]2O[C@@H]1C1C=CC=C1C21SCCS1. The molecule has 2 saturated heterocycles. The lowest BCUT2D eigenvalue weighted by Crippen LogP contribution is -2.53. The van der Waals surface area contributed by atoms with Gasteiger partial charge in [0.15, 0.2) is 5.78 Å². The number of ketones is 1. The number of hydrogen-bond donors (Lipinski definition) is 0. The normalized spacial score (nSPS) is 40.8. The van der Waals surface area contributed by atoms with Gasteiger partial charge in [0.2, 0.25) is 0 Å². The predicted molar refractivity (Wildman–Crippen MR) is 71.2 cm³/mol. The lowest BCUT2D eigenvalue weighted by Gasteiger charge is -2.47. The van der Waals surface area contributed by atoms with Gasteiger partial charge in [-0.3, -0.25) is 4.79 Å². The molecule has 3 aliphatic heterocycles. The first kappa shape index (κ1) is 10.5. The zero-order chi connectivity index (χ0) is 11.5. The monoisotopic (exact) mass is 264 g/mol. The number of fused-ring (bicyclic) bond motifs is 6. The van der Waals surface area contributed by atoms with E-state index in [1.54, 1.807) is 6.08 Å². The lowest BCUT2D eigenvalue weighted by atomic mass is 9.83. The molecule has 4 rings (SSSR count). The lowest BCUT2D eigenvalue weighted by molar-refractivity contribution is -0.134. The fraction of sp³-hybridized carbons (Fsp3) is 0.462. The first-order chi connectivity index (χ1) is 8.31. The number of ether oxygens (including phenoxy) is 1. The van der Waals surface area contributed by atoms with Gasteiger partial charge in [0.05, 0.1) is 0 Å². The highest BCUT2D eigenvalue weighted by Gasteiger charge is 2.56. The highest BCUT2D eigenvalue weighted by Crippen LogP contribution is 2.59. The minimum absolute atomic E-state index is 0.0296. The summed E-state index contributed by atoms with van der Waals surface area (Å²) in [5.74, 6) is 2.62. The van der Waals surface area contributed by atoms with Crippen LogP contribution < -0.4 is 0 Å². The Morgan fingerprint density at radius 1 is 1.29 bits per heavy atom. The number of hydrogen-bond acceptors (Lipinski definition) is 4. The molecule has 0 aromatic rings. The maximum absolute atomic E-state index is 11.9. The molecular formula is C13H12O2S2. The third kappa shape index (κ3) is 1.26. The van der Waals surface area contributed by atoms with E-state index in [9.17, 15) is 4.79 Å². The van der Waals surface area contributed by atoms with Gasteiger partial charge in [0, 0.05) is 17.4 Å². The molecule has 0 radical (unpaired) electrons. The van der Waals surface area contributed by atoms with E-state index in [0.29, 0.717) is 0 Å². The Balaban J connectivity index is 1.87. The molecule has 0 N–H and O–H groups in total. The second-order valence-electron chi connectivity index (χ2n) is 4.64. The Labute approximate surface area is 109 Å². The van der Waals surface area contributed by atoms with Crippen LogP contribution in [0.15, 0.2) is 36.0 Å². The second-order valence-corrected chi connectivity index (χ2v) is 7.58. The van der Waals surface area contributed by atoms with Crippen molar-refractivity contribution in [2.45, 2.75) is 16.3 Å². The van der Waals surface area contributed by atoms with Gasteiger partial charge < -0.3 is 4.74 Å². The molecule has 3 atom stereocenters. The summed E-state index contributed by atoms with van der Waals surface area (Å²) in [6, 6.07) is 0. The molecule has 0 amide bonds. The molecule has 4 heteroatoms. The molecule has 0 aromatic heterocycles. The Kier molecular flexibility index (Phi) is 2.17. The number of rotatable bonds is 0. The Morgan fingerprint density at radius 3 is 2.94 bits per heavy atom. The highest BCUT2D eigenvalue weighted by atomic mass is 32.2. The van der Waals surface area contributed by atoms with Crippen LogP contribution in [0.1, 0.15) is 0 Å². The van der Waals surface area contributed by atoms with Crippen molar-refractivity contribution >= 4 is 29.3 Å². The van der Waals surface area contributed by atoms with Gasteiger partial charge in [-0.2, -0.15) is 0 Å². The summed E-state index contributed by atoms with van der Waals surface area (Å²) in [4.78, 5) is 11.9. The van der Waals surface area contributed by atoms with Crippen molar-refractivity contribution in [1.82, 2.24) is 0 Å². The molecule has 1 aliphatic carbocycles. The van der Waals surface area contributed by atoms with Crippen LogP contribution in [0.25, 0.3) is 0 Å². The molecule has 88 valence electrons. The van der Waals surface area contributed by atoms with Crippen molar-refractivity contribution in [2.24, 2.45) is 5.92 Å². The maximum Gasteiger partial charge on any atom is 0.185 e. The van der Waals surface area contributed by atoms with Crippen molar-refractivity contribution < 1.29 is 9.53 Å². The van der Waals surface area contributed by atoms with E-state index in [-0.39, 0.29) is 28.0 Å². The summed E-state index contributed by atoms with van der Waals surface area (Å²) >= 11 is 3.96. The Morgan fingerprint density at radius 2 is 2.12 bits per heavy atom. The van der Waals surface area contributed by atoms with Crippen LogP contribution in [-0.2, 0) is 9.53 Å². The van der Waals surface area contributed by atoms with Crippen LogP contribution in [0.2, 0.25) is 0 Å². The maximum atomic E-state index is 11.9. The van der Waals surface area contributed by atoms with Gasteiger partial charge in [-0.25, -0.2) is 0 Å². The van der Waals surface area contributed by atoms with Crippen molar-refractivity contribution in [2.75, 3.05) is 11.5 Å². The average molecular weight is 264 g/mol. The number of carbonyl (C=O) groups excluding carboxylic acids is 1. The summed E-state index contributed by atoms with van der Waals surface area (Å²) in [5.41, 5.74) is 1.39. The van der Waals surface area contributed by atoms with Crippen LogP contribution >= 0.6 is 23.5 Å². The van der Waals surface area contributed by atoms with E-state index >= 15 is 0 Å². The van der Waals surface area contributed by atoms with Crippen molar-refractivity contribution in [3.8, 4) is 0 Å². The van der Waals surface area contributed by atoms with Gasteiger partial charge in [-0.05, 0) is 17.7 Å². The van der Waals surface area contributed by atoms with Crippen LogP contribution in [0.4, 0.5) is 0 Å². The molecule has 3 heterocycles. The van der Waals surface area contributed by atoms with Crippen LogP contribution in [-0.4, -0.2) is 33.6 Å². The molecule has 2 bridgehead atoms. The zero-order valence-corrected chi connectivity index (χ0v) is 10.8. The third-order valence-electron chi connectivity index (χ3n) is 3.78. The quantitative estimate of drug-likeness (QED) is 0.670. The van der Waals surface area contributed by atoms with Gasteiger partial charge >= 0.3 is 0 Å². The van der Waals surface area contributed by atoms with E-state index in [2.05, 4.69) is 18.2 Å². The second kappa shape index (κ2) is 3.53. The van der Waals surface area contributed by atoms with Gasteiger partial charge in [-0.15, -0.1) is 23.5 Å². The minimum atomic E-state index is -0.276. The summed E-state index contributed by atoms with van der Waals surface area (Å²) in [6.07, 6.45) is 9.87. The molecule has 4 aliphatic rings. The molecule has 17 heavy (non-hydrogen) atoms. The van der Waals surface area contributed by atoms with Crippen LogP contribution in [0.3, 0.4) is 0 Å². The molecule has 2 nitrogen and oxygen atoms in total. The summed E-state index contributed by atoms with van der Waals surface area (Å²) < 4.78 is 6.05. The Bertz CT molecular complexity index is 472. The van der Waals surface area contributed by atoms with E-state index in [1.165, 1.54) is 17.1 Å². The van der Waals surface area contributed by atoms with Gasteiger partial charge in [-0.1, -0.05) is 18.2 Å². The molecule has 2 fully saturated rings. The molecule has 0 aromatic carbocycles. The van der Waals surface area contributed by atoms with Crippen molar-refractivity contribution in [3.05, 3.63) is 36.0 Å². The standard InChI is InChI=1S/C13H12O2S2/c14-10-4-5-11-13(16-6-7-17-13)9-3-1-2-8(9)12(10)15-11/h1-5,8,11-12H,6-7H2/t8?,11-,12-/m1/s1. The number of thioether (sulfide) groups is 2. The van der Waals surface area contributed by atoms with Crippen LogP contribution in [0.5, 0.6) is 0 Å². The van der Waals surface area contributed by atoms with Gasteiger partial charge in [0.25, 0.3) is 0 Å². The first-order valence-corrected chi connectivity index (χ1v) is 7.83. The van der Waals surface area contributed by atoms with E-state index in [1.807, 2.05) is 29.6 Å².